The summed E-state index contributed by atoms with van der Waals surface area (Å²) in [5.74, 6) is 0.897. The van der Waals surface area contributed by atoms with Crippen LogP contribution in [0.1, 0.15) is 24.4 Å². The number of amides is 3. The second kappa shape index (κ2) is 6.54. The molecule has 0 spiro atoms. The molecule has 1 saturated heterocycles. The average Bonchev–Trinajstić information content (AvgIpc) is 3.19. The zero-order valence-electron chi connectivity index (χ0n) is 17.0. The number of imidazole rings is 1. The van der Waals surface area contributed by atoms with Gasteiger partial charge in [-0.3, -0.25) is 19.4 Å². The third kappa shape index (κ3) is 2.65. The largest absolute Gasteiger partial charge is 0.497 e. The zero-order chi connectivity index (χ0) is 21.0. The van der Waals surface area contributed by atoms with Gasteiger partial charge in [0.2, 0.25) is 11.9 Å². The molecule has 2 aliphatic heterocycles. The van der Waals surface area contributed by atoms with Gasteiger partial charge in [-0.2, -0.15) is 4.57 Å². The number of likely N-dealkylation sites (N-methyl/N-ethyl adjacent to an activating group) is 1. The summed E-state index contributed by atoms with van der Waals surface area (Å²) in [7, 11) is 3.17. The Balaban J connectivity index is 1.89. The minimum atomic E-state index is -0.780. The number of aliphatic imine (C=N–C) groups is 1. The van der Waals surface area contributed by atoms with Crippen LogP contribution < -0.4 is 9.30 Å². The van der Waals surface area contributed by atoms with Gasteiger partial charge in [-0.15, -0.1) is 0 Å². The molecule has 3 amide bonds. The lowest BCUT2D eigenvalue weighted by atomic mass is 10.1. The molecular formula is C20H22N5O4+. The zero-order valence-corrected chi connectivity index (χ0v) is 17.0. The molecule has 1 fully saturated rings. The third-order valence-electron chi connectivity index (χ3n) is 5.41. The fourth-order valence-corrected chi connectivity index (χ4v) is 3.86. The van der Waals surface area contributed by atoms with Crippen molar-refractivity contribution in [2.75, 3.05) is 20.7 Å². The van der Waals surface area contributed by atoms with E-state index in [0.717, 1.165) is 22.0 Å². The number of fused-ring (bicyclic) bond motifs is 3. The highest BCUT2D eigenvalue weighted by Crippen LogP contribution is 2.33. The van der Waals surface area contributed by atoms with Gasteiger partial charge in [-0.25, -0.2) is 9.36 Å². The topological polar surface area (TPSA) is 88.1 Å². The first kappa shape index (κ1) is 18.9. The van der Waals surface area contributed by atoms with Crippen LogP contribution in [0.2, 0.25) is 0 Å². The minimum Gasteiger partial charge on any atom is -0.497 e. The van der Waals surface area contributed by atoms with Crippen molar-refractivity contribution in [3.8, 4) is 11.4 Å². The number of rotatable bonds is 4. The molecule has 1 aromatic heterocycles. The van der Waals surface area contributed by atoms with Gasteiger partial charge in [0.1, 0.15) is 28.6 Å². The second-order valence-corrected chi connectivity index (χ2v) is 7.22. The standard InChI is InChI=1S/C20H22N5O4/c1-11(26)10-23-18(27)16-17(22(4)20(23)28)21-19-24(12(2)13(3)25(16)19)14-7-6-8-15(9-14)29-5/h6-9,16H,10H2,1-5H3/q+1. The average molecular weight is 396 g/mol. The molecule has 0 aliphatic carbocycles. The monoisotopic (exact) mass is 396 g/mol. The fraction of sp³-hybridized carbons (Fsp3) is 0.350. The van der Waals surface area contributed by atoms with E-state index >= 15 is 0 Å². The molecule has 1 aromatic carbocycles. The summed E-state index contributed by atoms with van der Waals surface area (Å²) in [5.41, 5.74) is 2.61. The Morgan fingerprint density at radius 2 is 2.00 bits per heavy atom. The summed E-state index contributed by atoms with van der Waals surface area (Å²) >= 11 is 0. The number of Topliss-reactive ketones (excluding diaryl/α,β-unsaturated/α-hetero) is 1. The number of carbonyl (C=O) groups excluding carboxylic acids is 3. The van der Waals surface area contributed by atoms with E-state index in [1.165, 1.54) is 11.8 Å². The summed E-state index contributed by atoms with van der Waals surface area (Å²) in [6.07, 6.45) is 0. The number of carbonyl (C=O) groups is 3. The van der Waals surface area contributed by atoms with Crippen molar-refractivity contribution < 1.29 is 23.7 Å². The van der Waals surface area contributed by atoms with Crippen molar-refractivity contribution in [1.82, 2.24) is 14.4 Å². The Kier molecular flexibility index (Phi) is 4.25. The smallest absolute Gasteiger partial charge is 0.407 e. The molecule has 150 valence electrons. The van der Waals surface area contributed by atoms with Crippen LogP contribution in [0.4, 0.5) is 10.7 Å². The van der Waals surface area contributed by atoms with E-state index < -0.39 is 18.0 Å². The predicted molar refractivity (Wildman–Crippen MR) is 104 cm³/mol. The van der Waals surface area contributed by atoms with Crippen molar-refractivity contribution in [2.45, 2.75) is 26.8 Å². The number of imide groups is 1. The van der Waals surface area contributed by atoms with Crippen LogP contribution in [0.3, 0.4) is 0 Å². The fourth-order valence-electron chi connectivity index (χ4n) is 3.86. The van der Waals surface area contributed by atoms with Crippen LogP contribution >= 0.6 is 0 Å². The van der Waals surface area contributed by atoms with Crippen LogP contribution in [0.15, 0.2) is 29.3 Å². The molecule has 0 N–H and O–H groups in total. The number of ether oxygens (including phenoxy) is 1. The highest BCUT2D eigenvalue weighted by molar-refractivity contribution is 6.19. The molecule has 0 radical (unpaired) electrons. The van der Waals surface area contributed by atoms with Crippen molar-refractivity contribution in [2.24, 2.45) is 4.99 Å². The first-order valence-electron chi connectivity index (χ1n) is 9.21. The third-order valence-corrected chi connectivity index (χ3v) is 5.41. The van der Waals surface area contributed by atoms with E-state index in [2.05, 4.69) is 4.99 Å². The molecule has 9 nitrogen and oxygen atoms in total. The molecule has 2 aliphatic rings. The quantitative estimate of drug-likeness (QED) is 0.732. The molecule has 1 atom stereocenters. The Morgan fingerprint density at radius 3 is 2.66 bits per heavy atom. The molecule has 4 rings (SSSR count). The summed E-state index contributed by atoms with van der Waals surface area (Å²) in [6, 6.07) is 6.21. The maximum absolute atomic E-state index is 13.2. The molecule has 29 heavy (non-hydrogen) atoms. The van der Waals surface area contributed by atoms with Crippen LogP contribution in [0, 0.1) is 13.8 Å². The van der Waals surface area contributed by atoms with Crippen LogP contribution in [0.25, 0.3) is 5.69 Å². The first-order chi connectivity index (χ1) is 13.8. The normalized spacial score (nSPS) is 18.0. The number of urea groups is 1. The van der Waals surface area contributed by atoms with Crippen molar-refractivity contribution in [3.63, 3.8) is 0 Å². The molecule has 0 bridgehead atoms. The Morgan fingerprint density at radius 1 is 1.28 bits per heavy atom. The van der Waals surface area contributed by atoms with Gasteiger partial charge in [0.25, 0.3) is 5.91 Å². The molecule has 1 unspecified atom stereocenters. The van der Waals surface area contributed by atoms with Gasteiger partial charge in [0.05, 0.1) is 13.7 Å². The lowest BCUT2D eigenvalue weighted by molar-refractivity contribution is -0.682. The molecule has 0 saturated carbocycles. The van der Waals surface area contributed by atoms with Crippen LogP contribution in [-0.2, 0) is 9.59 Å². The number of methoxy groups -OCH3 is 1. The summed E-state index contributed by atoms with van der Waals surface area (Å²) < 4.78 is 9.09. The molecule has 9 heteroatoms. The van der Waals surface area contributed by atoms with Gasteiger partial charge in [-0.05, 0) is 32.9 Å². The molecular weight excluding hydrogens is 374 g/mol. The maximum atomic E-state index is 13.2. The summed E-state index contributed by atoms with van der Waals surface area (Å²) in [4.78, 5) is 44.4. The first-order valence-corrected chi connectivity index (χ1v) is 9.21. The van der Waals surface area contributed by atoms with E-state index in [9.17, 15) is 14.4 Å². The lowest BCUT2D eigenvalue weighted by Gasteiger charge is -2.32. The highest BCUT2D eigenvalue weighted by Gasteiger charge is 2.54. The lowest BCUT2D eigenvalue weighted by Crippen LogP contribution is -2.63. The number of nitrogens with zero attached hydrogens (tertiary/aromatic N) is 5. The highest BCUT2D eigenvalue weighted by atomic mass is 16.5. The van der Waals surface area contributed by atoms with Crippen molar-refractivity contribution in [3.05, 3.63) is 35.7 Å². The van der Waals surface area contributed by atoms with E-state index in [4.69, 9.17) is 4.74 Å². The van der Waals surface area contributed by atoms with Crippen LogP contribution in [-0.4, -0.2) is 58.6 Å². The van der Waals surface area contributed by atoms with E-state index in [1.54, 1.807) is 14.2 Å². The number of benzene rings is 1. The number of ketones is 1. The summed E-state index contributed by atoms with van der Waals surface area (Å²) in [5, 5.41) is 0. The predicted octanol–water partition coefficient (Wildman–Crippen LogP) is 1.46. The van der Waals surface area contributed by atoms with Gasteiger partial charge >= 0.3 is 12.0 Å². The Bertz CT molecular complexity index is 1100. The van der Waals surface area contributed by atoms with E-state index in [0.29, 0.717) is 17.5 Å². The Hall–Kier alpha value is -3.49. The number of amidine groups is 1. The van der Waals surface area contributed by atoms with Gasteiger partial charge in [0, 0.05) is 13.1 Å². The minimum absolute atomic E-state index is 0.254. The van der Waals surface area contributed by atoms with Gasteiger partial charge < -0.3 is 4.74 Å². The van der Waals surface area contributed by atoms with Crippen molar-refractivity contribution >= 4 is 29.5 Å². The number of aromatic nitrogens is 2. The Labute approximate surface area is 167 Å². The number of hydrogen-bond donors (Lipinski definition) is 0. The number of hydrogen-bond acceptors (Lipinski definition) is 5. The summed E-state index contributed by atoms with van der Waals surface area (Å²) in [6.45, 7) is 4.96. The molecule has 3 heterocycles. The van der Waals surface area contributed by atoms with E-state index in [-0.39, 0.29) is 12.3 Å². The second-order valence-electron chi connectivity index (χ2n) is 7.22. The van der Waals surface area contributed by atoms with Crippen LogP contribution in [0.5, 0.6) is 5.75 Å². The van der Waals surface area contributed by atoms with Gasteiger partial charge in [-0.1, -0.05) is 11.1 Å². The SMILES string of the molecule is COc1cccc(-n2c(C)c(C)[n+]3c2N=C2C3C(=O)N(CC(C)=O)C(=O)N2C)c1. The molecule has 2 aromatic rings. The maximum Gasteiger partial charge on any atom is 0.407 e. The van der Waals surface area contributed by atoms with E-state index in [1.807, 2.05) is 47.2 Å². The van der Waals surface area contributed by atoms with Gasteiger partial charge in [0.15, 0.2) is 0 Å². The van der Waals surface area contributed by atoms with Crippen molar-refractivity contribution in [1.29, 1.82) is 0 Å².